The zero-order chi connectivity index (χ0) is 33.1. The normalized spacial score (nSPS) is 13.0. The molecule has 46 heavy (non-hydrogen) atoms. The van der Waals surface area contributed by atoms with Gasteiger partial charge in [0.05, 0.1) is 22.1 Å². The van der Waals surface area contributed by atoms with Crippen LogP contribution in [0.4, 0.5) is 35.1 Å². The summed E-state index contributed by atoms with van der Waals surface area (Å²) in [7, 11) is 0. The fourth-order valence-corrected chi connectivity index (χ4v) is 4.64. The molecule has 2 aromatic heterocycles. The second-order valence-electron chi connectivity index (χ2n) is 9.92. The van der Waals surface area contributed by atoms with E-state index in [1.807, 2.05) is 0 Å². The molecule has 0 fully saturated rings. The Labute approximate surface area is 270 Å². The summed E-state index contributed by atoms with van der Waals surface area (Å²) in [5.74, 6) is -0.423. The molecular formula is C30H16Br2F8N4O2. The Bertz CT molecular complexity index is 1920. The van der Waals surface area contributed by atoms with Crippen LogP contribution in [0, 0.1) is 0 Å². The van der Waals surface area contributed by atoms with Crippen LogP contribution in [0.1, 0.15) is 0 Å². The van der Waals surface area contributed by atoms with Crippen molar-refractivity contribution in [3.8, 4) is 45.4 Å². The summed E-state index contributed by atoms with van der Waals surface area (Å²) in [6.07, 6.45) is -9.59. The highest BCUT2D eigenvalue weighted by Crippen LogP contribution is 2.42. The van der Waals surface area contributed by atoms with Crippen LogP contribution >= 0.6 is 31.9 Å². The van der Waals surface area contributed by atoms with Crippen molar-refractivity contribution in [2.24, 2.45) is 0 Å². The number of H-pyrrole nitrogens is 2. The van der Waals surface area contributed by atoms with Gasteiger partial charge in [0.15, 0.2) is 0 Å². The van der Waals surface area contributed by atoms with Crippen molar-refractivity contribution >= 4 is 53.9 Å². The molecule has 6 rings (SSSR count). The molecule has 6 aromatic rings. The molecule has 0 spiro atoms. The summed E-state index contributed by atoms with van der Waals surface area (Å²) in [5.41, 5.74) is 4.39. The van der Waals surface area contributed by atoms with Gasteiger partial charge in [-0.05, 0) is 59.7 Å². The fourth-order valence-electron chi connectivity index (χ4n) is 4.48. The molecule has 0 saturated carbocycles. The van der Waals surface area contributed by atoms with E-state index in [2.05, 4.69) is 29.4 Å². The molecule has 0 aliphatic rings. The van der Waals surface area contributed by atoms with Gasteiger partial charge < -0.3 is 19.4 Å². The Hall–Kier alpha value is -4.18. The first kappa shape index (κ1) is 31.8. The maximum atomic E-state index is 13.7. The minimum Gasteiger partial charge on any atom is -0.427 e. The van der Waals surface area contributed by atoms with Gasteiger partial charge in [0, 0.05) is 43.0 Å². The van der Waals surface area contributed by atoms with Crippen molar-refractivity contribution in [3.63, 3.8) is 0 Å². The van der Waals surface area contributed by atoms with Crippen LogP contribution in [0.5, 0.6) is 11.5 Å². The second-order valence-corrected chi connectivity index (χ2v) is 11.9. The molecule has 6 nitrogen and oxygen atoms in total. The van der Waals surface area contributed by atoms with Gasteiger partial charge in [0.1, 0.15) is 23.1 Å². The molecule has 0 saturated heterocycles. The molecule has 0 aliphatic carbocycles. The average Bonchev–Trinajstić information content (AvgIpc) is 3.59. The van der Waals surface area contributed by atoms with E-state index in [1.54, 1.807) is 80.4 Å². The number of alkyl halides is 10. The third kappa shape index (κ3) is 6.27. The zero-order valence-electron chi connectivity index (χ0n) is 22.6. The molecule has 4 aromatic carbocycles. The van der Waals surface area contributed by atoms with Crippen molar-refractivity contribution in [2.45, 2.75) is 21.9 Å². The smallest absolute Gasteiger partial charge is 0.427 e. The first-order valence-corrected chi connectivity index (χ1v) is 14.6. The highest BCUT2D eigenvalue weighted by Gasteiger charge is 2.58. The van der Waals surface area contributed by atoms with Crippen molar-refractivity contribution in [1.29, 1.82) is 0 Å². The van der Waals surface area contributed by atoms with Gasteiger partial charge in [-0.3, -0.25) is 0 Å². The highest BCUT2D eigenvalue weighted by molar-refractivity contribution is 9.10. The molecule has 16 heteroatoms. The fraction of sp³-hybridized carbons (Fsp3) is 0.133. The van der Waals surface area contributed by atoms with E-state index in [4.69, 9.17) is 0 Å². The van der Waals surface area contributed by atoms with Gasteiger partial charge in [-0.15, -0.1) is 0 Å². The lowest BCUT2D eigenvalue weighted by Gasteiger charge is -2.22. The number of halogens is 10. The third-order valence-corrected chi connectivity index (χ3v) is 7.59. The predicted octanol–water partition coefficient (Wildman–Crippen LogP) is 10.4. The van der Waals surface area contributed by atoms with Crippen LogP contribution < -0.4 is 9.47 Å². The lowest BCUT2D eigenvalue weighted by Crippen LogP contribution is -2.40. The van der Waals surface area contributed by atoms with E-state index in [0.29, 0.717) is 33.2 Å². The summed E-state index contributed by atoms with van der Waals surface area (Å²) in [6, 6.07) is 21.0. The van der Waals surface area contributed by atoms with E-state index in [9.17, 15) is 35.1 Å². The molecule has 2 N–H and O–H groups in total. The topological polar surface area (TPSA) is 75.8 Å². The quantitative estimate of drug-likeness (QED) is 0.113. The number of aromatic nitrogens is 4. The first-order valence-electron chi connectivity index (χ1n) is 13.0. The predicted molar refractivity (Wildman–Crippen MR) is 161 cm³/mol. The number of benzene rings is 4. The van der Waals surface area contributed by atoms with Gasteiger partial charge in [-0.1, -0.05) is 36.4 Å². The molecule has 0 unspecified atom stereocenters. The molecule has 0 aliphatic heterocycles. The van der Waals surface area contributed by atoms with Crippen molar-refractivity contribution in [3.05, 3.63) is 84.9 Å². The van der Waals surface area contributed by atoms with Crippen LogP contribution in [0.3, 0.4) is 0 Å². The number of ether oxygens (including phenoxy) is 2. The number of hydrogen-bond donors (Lipinski definition) is 2. The average molecular weight is 776 g/mol. The molecule has 0 bridgehead atoms. The Morgan fingerprint density at radius 3 is 1.26 bits per heavy atom. The van der Waals surface area contributed by atoms with Crippen LogP contribution in [0.15, 0.2) is 84.9 Å². The van der Waals surface area contributed by atoms with Gasteiger partial charge in [0.25, 0.3) is 0 Å². The SMILES string of the molecule is FC(F)(Br)C(F)(F)Oc1cccc(-c2nc3ccc(-c4ccc5nc(-c6cccc(OC(F)(F)C(F)(F)Br)c6)[nH]c5c4)cc3[nH]2)c1. The van der Waals surface area contributed by atoms with E-state index in [0.717, 1.165) is 35.4 Å². The van der Waals surface area contributed by atoms with Crippen LogP contribution in [0.25, 0.3) is 56.0 Å². The van der Waals surface area contributed by atoms with Crippen molar-refractivity contribution < 1.29 is 44.6 Å². The molecule has 2 heterocycles. The van der Waals surface area contributed by atoms with Gasteiger partial charge >= 0.3 is 21.9 Å². The number of hydrogen-bond acceptors (Lipinski definition) is 4. The summed E-state index contributed by atoms with van der Waals surface area (Å²) >= 11 is 3.26. The molecule has 0 amide bonds. The van der Waals surface area contributed by atoms with Gasteiger partial charge in [-0.2, -0.15) is 35.1 Å². The summed E-state index contributed by atoms with van der Waals surface area (Å²) < 4.78 is 116. The van der Waals surface area contributed by atoms with Crippen LogP contribution in [-0.2, 0) is 0 Å². The molecule has 0 atom stereocenters. The Morgan fingerprint density at radius 1 is 0.500 bits per heavy atom. The Kier molecular flexibility index (Phi) is 7.78. The van der Waals surface area contributed by atoms with Crippen molar-refractivity contribution in [1.82, 2.24) is 19.9 Å². The molecule has 0 radical (unpaired) electrons. The van der Waals surface area contributed by atoms with Crippen LogP contribution in [0.2, 0.25) is 0 Å². The summed E-state index contributed by atoms with van der Waals surface area (Å²) in [5, 5.41) is 0. The Balaban J connectivity index is 1.26. The minimum absolute atomic E-state index is 0.281. The maximum absolute atomic E-state index is 13.7. The number of fused-ring (bicyclic) bond motifs is 2. The standard InChI is InChI=1S/C30H16Br2F8N4O2/c31-27(33,34)29(37,38)45-19-5-1-3-17(11-19)25-41-21-9-7-15(13-23(21)43-25)16-8-10-22-24(14-16)44-26(42-22)18-4-2-6-20(12-18)46-30(39,40)28(32,35)36/h1-14H,(H,41,43)(H,42,44). The van der Waals surface area contributed by atoms with E-state index < -0.39 is 33.4 Å². The van der Waals surface area contributed by atoms with E-state index in [1.165, 1.54) is 12.1 Å². The largest absolute Gasteiger partial charge is 0.475 e. The second kappa shape index (κ2) is 11.3. The minimum atomic E-state index is -4.80. The summed E-state index contributed by atoms with van der Waals surface area (Å²) in [6.45, 7) is 0. The highest BCUT2D eigenvalue weighted by atomic mass is 79.9. The molecule has 238 valence electrons. The number of imidazole rings is 2. The van der Waals surface area contributed by atoms with Crippen molar-refractivity contribution in [2.75, 3.05) is 0 Å². The molecular weight excluding hydrogens is 760 g/mol. The number of aromatic amines is 2. The first-order chi connectivity index (χ1) is 21.5. The number of nitrogens with one attached hydrogen (secondary N) is 2. The lowest BCUT2D eigenvalue weighted by molar-refractivity contribution is -0.266. The zero-order valence-corrected chi connectivity index (χ0v) is 25.7. The monoisotopic (exact) mass is 774 g/mol. The number of rotatable bonds is 9. The van der Waals surface area contributed by atoms with E-state index >= 15 is 0 Å². The van der Waals surface area contributed by atoms with Gasteiger partial charge in [-0.25, -0.2) is 9.97 Å². The van der Waals surface area contributed by atoms with E-state index in [-0.39, 0.29) is 11.6 Å². The third-order valence-electron chi connectivity index (χ3n) is 6.66. The number of nitrogens with zero attached hydrogens (tertiary/aromatic N) is 2. The van der Waals surface area contributed by atoms with Gasteiger partial charge in [0.2, 0.25) is 0 Å². The van der Waals surface area contributed by atoms with Crippen LogP contribution in [-0.4, -0.2) is 41.8 Å². The summed E-state index contributed by atoms with van der Waals surface area (Å²) in [4.78, 5) is 5.94. The lowest BCUT2D eigenvalue weighted by atomic mass is 10.0. The maximum Gasteiger partial charge on any atom is 0.475 e. The Morgan fingerprint density at radius 2 is 0.891 bits per heavy atom.